The van der Waals surface area contributed by atoms with E-state index in [1.165, 1.54) is 82.0 Å². The maximum Gasteiger partial charge on any atom is 0.0921 e. The Kier molecular flexibility index (Phi) is 9.74. The summed E-state index contributed by atoms with van der Waals surface area (Å²) in [5.74, 6) is 6.02. The van der Waals surface area contributed by atoms with Crippen LogP contribution in [-0.2, 0) is 12.8 Å². The summed E-state index contributed by atoms with van der Waals surface area (Å²) in [6.07, 6.45) is 25.2. The van der Waals surface area contributed by atoms with E-state index in [1.807, 2.05) is 18.7 Å². The molecule has 4 N–H and O–H groups in total. The summed E-state index contributed by atoms with van der Waals surface area (Å²) in [4.78, 5) is 15.1. The highest BCUT2D eigenvalue weighted by atomic mass is 15.0. The van der Waals surface area contributed by atoms with Crippen LogP contribution >= 0.6 is 0 Å². The average Bonchev–Trinajstić information content (AvgIpc) is 3.75. The van der Waals surface area contributed by atoms with Crippen LogP contribution < -0.4 is 10.6 Å². The van der Waals surface area contributed by atoms with Crippen LogP contribution in [0.1, 0.15) is 117 Å². The summed E-state index contributed by atoms with van der Waals surface area (Å²) in [5, 5.41) is 8.19. The Morgan fingerprint density at radius 1 is 0.814 bits per heavy atom. The first-order valence-electron chi connectivity index (χ1n) is 18.2. The minimum Gasteiger partial charge on any atom is -0.348 e. The van der Waals surface area contributed by atoms with E-state index in [0.29, 0.717) is 22.9 Å². The van der Waals surface area contributed by atoms with Crippen molar-refractivity contribution in [1.29, 1.82) is 0 Å². The van der Waals surface area contributed by atoms with Gasteiger partial charge in [-0.1, -0.05) is 53.9 Å². The van der Waals surface area contributed by atoms with Gasteiger partial charge >= 0.3 is 0 Å². The Labute approximate surface area is 262 Å². The number of fused-ring (bicyclic) bond motifs is 5. The van der Waals surface area contributed by atoms with Gasteiger partial charge in [0, 0.05) is 61.8 Å². The van der Waals surface area contributed by atoms with Gasteiger partial charge in [-0.15, -0.1) is 0 Å². The second-order valence-corrected chi connectivity index (χ2v) is 16.4. The van der Waals surface area contributed by atoms with E-state index in [9.17, 15) is 0 Å². The third kappa shape index (κ3) is 6.52. The third-order valence-corrected chi connectivity index (χ3v) is 13.7. The largest absolute Gasteiger partial charge is 0.348 e. The summed E-state index contributed by atoms with van der Waals surface area (Å²) >= 11 is 0. The van der Waals surface area contributed by atoms with Crippen LogP contribution in [-0.4, -0.2) is 45.1 Å². The predicted molar refractivity (Wildman–Crippen MR) is 177 cm³/mol. The van der Waals surface area contributed by atoms with Gasteiger partial charge in [0.25, 0.3) is 0 Å². The summed E-state index contributed by atoms with van der Waals surface area (Å²) in [5.41, 5.74) is 3.52. The highest BCUT2D eigenvalue weighted by Crippen LogP contribution is 2.68. The van der Waals surface area contributed by atoms with E-state index in [0.717, 1.165) is 67.4 Å². The Morgan fingerprint density at radius 2 is 1.49 bits per heavy atom. The van der Waals surface area contributed by atoms with Crippen molar-refractivity contribution in [2.45, 2.75) is 130 Å². The van der Waals surface area contributed by atoms with E-state index >= 15 is 0 Å². The van der Waals surface area contributed by atoms with Crippen molar-refractivity contribution in [3.05, 3.63) is 36.4 Å². The maximum absolute atomic E-state index is 4.28. The quantitative estimate of drug-likeness (QED) is 0.194. The Balaban J connectivity index is 1.16. The van der Waals surface area contributed by atoms with Crippen molar-refractivity contribution in [2.24, 2.45) is 52.3 Å². The fraction of sp³-hybridized carbons (Fsp3) is 0.838. The number of aromatic nitrogens is 4. The second kappa shape index (κ2) is 13.4. The summed E-state index contributed by atoms with van der Waals surface area (Å²) < 4.78 is 0. The molecule has 2 aromatic rings. The lowest BCUT2D eigenvalue weighted by atomic mass is 9.43. The highest BCUT2D eigenvalue weighted by Gasteiger charge is 2.62. The first-order chi connectivity index (χ1) is 20.8. The normalized spacial score (nSPS) is 38.0. The van der Waals surface area contributed by atoms with Crippen molar-refractivity contribution in [2.75, 3.05) is 13.1 Å². The molecule has 6 heteroatoms. The van der Waals surface area contributed by atoms with Crippen molar-refractivity contribution < 1.29 is 0 Å². The number of nitrogens with one attached hydrogen (secondary N) is 4. The number of H-pyrrole nitrogens is 2. The van der Waals surface area contributed by atoms with E-state index < -0.39 is 0 Å². The van der Waals surface area contributed by atoms with E-state index in [-0.39, 0.29) is 0 Å². The molecule has 4 aliphatic rings. The van der Waals surface area contributed by atoms with E-state index in [1.54, 1.807) is 6.33 Å². The molecule has 0 spiro atoms. The van der Waals surface area contributed by atoms with Gasteiger partial charge < -0.3 is 20.6 Å². The Morgan fingerprint density at radius 3 is 2.16 bits per heavy atom. The van der Waals surface area contributed by atoms with Crippen LogP contribution in [0.3, 0.4) is 0 Å². The van der Waals surface area contributed by atoms with Gasteiger partial charge in [-0.05, 0) is 104 Å². The molecule has 4 saturated carbocycles. The van der Waals surface area contributed by atoms with Crippen LogP contribution in [0.15, 0.2) is 25.0 Å². The fourth-order valence-corrected chi connectivity index (χ4v) is 11.3. The zero-order chi connectivity index (χ0) is 30.0. The molecule has 0 aromatic carbocycles. The minimum absolute atomic E-state index is 0.496. The molecule has 4 aliphatic carbocycles. The van der Waals surface area contributed by atoms with Gasteiger partial charge in [0.15, 0.2) is 0 Å². The molecule has 10 atom stereocenters. The number of hydrogen-bond donors (Lipinski definition) is 4. The van der Waals surface area contributed by atoms with Crippen molar-refractivity contribution >= 4 is 0 Å². The van der Waals surface area contributed by atoms with Crippen molar-refractivity contribution in [3.63, 3.8) is 0 Å². The average molecular weight is 591 g/mol. The Bertz CT molecular complexity index is 1110. The monoisotopic (exact) mass is 591 g/mol. The van der Waals surface area contributed by atoms with Crippen LogP contribution in [0, 0.1) is 52.3 Å². The number of rotatable bonds is 13. The molecule has 6 rings (SSSR count). The van der Waals surface area contributed by atoms with Crippen LogP contribution in [0.25, 0.3) is 0 Å². The number of nitrogens with zero attached hydrogens (tertiary/aromatic N) is 2. The fourth-order valence-electron chi connectivity index (χ4n) is 11.3. The van der Waals surface area contributed by atoms with Gasteiger partial charge in [0.1, 0.15) is 0 Å². The van der Waals surface area contributed by atoms with Gasteiger partial charge in [0.05, 0.1) is 12.7 Å². The molecule has 0 bridgehead atoms. The molecule has 240 valence electrons. The van der Waals surface area contributed by atoms with Gasteiger partial charge in [-0.2, -0.15) is 0 Å². The van der Waals surface area contributed by atoms with Crippen LogP contribution in [0.4, 0.5) is 0 Å². The smallest absolute Gasteiger partial charge is 0.0921 e. The summed E-state index contributed by atoms with van der Waals surface area (Å²) in [6, 6.07) is 1.30. The lowest BCUT2D eigenvalue weighted by molar-refractivity contribution is -0.131. The molecule has 2 aromatic heterocycles. The molecular weight excluding hydrogens is 528 g/mol. The molecule has 0 saturated heterocycles. The first-order valence-corrected chi connectivity index (χ1v) is 18.2. The standard InChI is InChI=1S/C37H62N6/c1-25(2)7-6-8-26(3)31-9-10-32-35-33(12-16-37(31,32)5)36(4)15-11-28(40-17-13-29-21-38-23-42-29)19-27(36)20-34(35)41-18-14-30-22-39-24-43-30/h21-28,31-35,40-41H,6-20H2,1-5H3,(H,38,42)(H,39,43)/t26-,27-,28-,31-,32?,33?,34-,35?,36+,37-/m1/s1. The van der Waals surface area contributed by atoms with E-state index in [4.69, 9.17) is 0 Å². The van der Waals surface area contributed by atoms with Gasteiger partial charge in [-0.3, -0.25) is 0 Å². The summed E-state index contributed by atoms with van der Waals surface area (Å²) in [7, 11) is 0. The molecule has 4 fully saturated rings. The number of imidazole rings is 2. The number of hydrogen-bond acceptors (Lipinski definition) is 4. The third-order valence-electron chi connectivity index (χ3n) is 13.7. The Hall–Kier alpha value is -1.66. The molecular formula is C37H62N6. The van der Waals surface area contributed by atoms with Gasteiger partial charge in [-0.25, -0.2) is 9.97 Å². The molecule has 0 aliphatic heterocycles. The van der Waals surface area contributed by atoms with E-state index in [2.05, 4.69) is 65.2 Å². The molecule has 2 heterocycles. The molecule has 3 unspecified atom stereocenters. The highest BCUT2D eigenvalue weighted by molar-refractivity contribution is 5.13. The SMILES string of the molecule is CC(C)CCC[C@@H](C)[C@H]1CCC2C3C(CC[C@@]21C)[C@@]1(C)CC[C@@H](NCCc2cnc[nH]2)C[C@@H]1C[C@H]3NCCc1cnc[nH]1. The summed E-state index contributed by atoms with van der Waals surface area (Å²) in [6.45, 7) is 15.0. The predicted octanol–water partition coefficient (Wildman–Crippen LogP) is 7.57. The van der Waals surface area contributed by atoms with Crippen molar-refractivity contribution in [1.82, 2.24) is 30.6 Å². The van der Waals surface area contributed by atoms with Crippen LogP contribution in [0.2, 0.25) is 0 Å². The first kappa shape index (κ1) is 31.3. The molecule has 43 heavy (non-hydrogen) atoms. The zero-order valence-corrected chi connectivity index (χ0v) is 28.0. The topological polar surface area (TPSA) is 81.4 Å². The van der Waals surface area contributed by atoms with Gasteiger partial charge in [0.2, 0.25) is 0 Å². The molecule has 0 radical (unpaired) electrons. The lowest BCUT2D eigenvalue weighted by Gasteiger charge is -2.63. The lowest BCUT2D eigenvalue weighted by Crippen LogP contribution is -2.62. The molecule has 6 nitrogen and oxygen atoms in total. The maximum atomic E-state index is 4.28. The van der Waals surface area contributed by atoms with Crippen molar-refractivity contribution in [3.8, 4) is 0 Å². The molecule has 0 amide bonds. The zero-order valence-electron chi connectivity index (χ0n) is 28.0. The minimum atomic E-state index is 0.496. The van der Waals surface area contributed by atoms with Crippen LogP contribution in [0.5, 0.6) is 0 Å². The second-order valence-electron chi connectivity index (χ2n) is 16.4. The number of aromatic amines is 2.